The van der Waals surface area contributed by atoms with Gasteiger partial charge in [-0.2, -0.15) is 5.01 Å². The molecule has 2 heteroatoms. The van der Waals surface area contributed by atoms with E-state index in [4.69, 9.17) is 0 Å². The van der Waals surface area contributed by atoms with Gasteiger partial charge in [-0.1, -0.05) is 60.7 Å². The zero-order valence-corrected chi connectivity index (χ0v) is 8.88. The monoisotopic (exact) mass is 209 g/mol. The van der Waals surface area contributed by atoms with E-state index < -0.39 is 0 Å². The minimum Gasteiger partial charge on any atom is -0.197 e. The van der Waals surface area contributed by atoms with Crippen molar-refractivity contribution < 1.29 is 5.01 Å². The number of benzene rings is 2. The molecule has 2 aliphatic rings. The molecule has 0 bridgehead atoms. The molecule has 2 aromatic carbocycles. The van der Waals surface area contributed by atoms with E-state index in [2.05, 4.69) is 65.7 Å². The summed E-state index contributed by atoms with van der Waals surface area (Å²) in [4.78, 5) is 0. The summed E-state index contributed by atoms with van der Waals surface area (Å²) in [7, 11) is 0. The molecule has 2 aliphatic heterocycles. The molecule has 78 valence electrons. The van der Waals surface area contributed by atoms with Crippen LogP contribution in [0.2, 0.25) is 0 Å². The fourth-order valence-electron chi connectivity index (χ4n) is 2.60. The second-order valence-corrected chi connectivity index (χ2v) is 4.46. The van der Waals surface area contributed by atoms with E-state index in [1.165, 1.54) is 11.1 Å². The van der Waals surface area contributed by atoms with Crippen LogP contribution in [0.1, 0.15) is 23.5 Å². The molecule has 4 rings (SSSR count). The van der Waals surface area contributed by atoms with Gasteiger partial charge in [-0.3, -0.25) is 0 Å². The largest absolute Gasteiger partial charge is 0.239 e. The van der Waals surface area contributed by atoms with Gasteiger partial charge < -0.3 is 0 Å². The highest BCUT2D eigenvalue weighted by Gasteiger charge is 2.79. The summed E-state index contributed by atoms with van der Waals surface area (Å²) in [5.41, 5.74) is 2.87. The maximum absolute atomic E-state index is 2.49. The normalized spacial score (nSPS) is 34.2. The van der Waals surface area contributed by atoms with Crippen LogP contribution in [0.5, 0.6) is 0 Å². The van der Waals surface area contributed by atoms with Crippen LogP contribution in [0.25, 0.3) is 0 Å². The molecule has 2 saturated heterocycles. The van der Waals surface area contributed by atoms with E-state index in [0.717, 1.165) is 0 Å². The lowest BCUT2D eigenvalue weighted by molar-refractivity contribution is -0.719. The molecule has 0 aliphatic carbocycles. The number of hydrogen-bond acceptors (Lipinski definition) is 1. The Morgan fingerprint density at radius 3 is 1.44 bits per heavy atom. The molecule has 0 aromatic heterocycles. The second-order valence-electron chi connectivity index (χ2n) is 4.46. The van der Waals surface area contributed by atoms with Crippen LogP contribution in [0.4, 0.5) is 0 Å². The number of nitrogens with zero attached hydrogens (tertiary/aromatic N) is 1. The van der Waals surface area contributed by atoms with Gasteiger partial charge in [0.1, 0.15) is 0 Å². The summed E-state index contributed by atoms with van der Waals surface area (Å²) in [6.45, 7) is 0. The Balaban J connectivity index is 1.52. The van der Waals surface area contributed by atoms with Gasteiger partial charge in [-0.05, 0) is 5.01 Å². The lowest BCUT2D eigenvalue weighted by Gasteiger charge is -2.02. The quantitative estimate of drug-likeness (QED) is 0.737. The molecule has 0 saturated carbocycles. The molecule has 2 heterocycles. The van der Waals surface area contributed by atoms with Gasteiger partial charge in [0.2, 0.25) is 12.3 Å². The molecule has 0 spiro atoms. The van der Waals surface area contributed by atoms with Crippen molar-refractivity contribution in [1.29, 1.82) is 0 Å². The summed E-state index contributed by atoms with van der Waals surface area (Å²) in [6.07, 6.45) is 1.23. The van der Waals surface area contributed by atoms with Crippen molar-refractivity contribution in [3.05, 3.63) is 71.8 Å². The lowest BCUT2D eigenvalue weighted by Crippen LogP contribution is -2.78. The molecule has 2 aromatic rings. The Morgan fingerprint density at radius 1 is 0.688 bits per heavy atom. The zero-order valence-electron chi connectivity index (χ0n) is 8.88. The first-order valence-corrected chi connectivity index (χ1v) is 5.72. The average molecular weight is 209 g/mol. The first-order chi connectivity index (χ1) is 7.97. The number of rotatable bonds is 2. The van der Waals surface area contributed by atoms with Crippen molar-refractivity contribution >= 4 is 0 Å². The third-order valence-corrected chi connectivity index (χ3v) is 3.51. The van der Waals surface area contributed by atoms with E-state index in [-0.39, 0.29) is 0 Å². The summed E-state index contributed by atoms with van der Waals surface area (Å²) in [6, 6.07) is 21.5. The van der Waals surface area contributed by atoms with Crippen molar-refractivity contribution in [1.82, 2.24) is 5.01 Å². The zero-order chi connectivity index (χ0) is 10.5. The average Bonchev–Trinajstić information content (AvgIpc) is 3.22. The first-order valence-electron chi connectivity index (χ1n) is 5.72. The van der Waals surface area contributed by atoms with Crippen LogP contribution in [-0.4, -0.2) is 5.01 Å². The maximum Gasteiger partial charge on any atom is 0.239 e. The highest BCUT2D eigenvalue weighted by atomic mass is 16.1. The van der Waals surface area contributed by atoms with E-state index >= 15 is 0 Å². The lowest BCUT2D eigenvalue weighted by atomic mass is 10.1. The summed E-state index contributed by atoms with van der Waals surface area (Å²) in [5.74, 6) is 0. The van der Waals surface area contributed by atoms with Gasteiger partial charge in [0.25, 0.3) is 0 Å². The van der Waals surface area contributed by atoms with Crippen LogP contribution < -0.4 is 5.01 Å². The predicted octanol–water partition coefficient (Wildman–Crippen LogP) is 1.51. The van der Waals surface area contributed by atoms with Crippen molar-refractivity contribution in [2.75, 3.05) is 0 Å². The molecule has 2 unspecified atom stereocenters. The van der Waals surface area contributed by atoms with Gasteiger partial charge >= 0.3 is 0 Å². The molecule has 2 fully saturated rings. The van der Waals surface area contributed by atoms with E-state index in [1.54, 1.807) is 5.01 Å². The predicted molar refractivity (Wildman–Crippen MR) is 61.2 cm³/mol. The van der Waals surface area contributed by atoms with Crippen LogP contribution >= 0.6 is 0 Å². The number of nitrogens with one attached hydrogen (secondary N) is 1. The number of quaternary nitrogens is 1. The van der Waals surface area contributed by atoms with Crippen LogP contribution in [0, 0.1) is 0 Å². The molecular formula is C14H13N2+. The minimum atomic E-state index is 0.617. The summed E-state index contributed by atoms with van der Waals surface area (Å²) in [5, 5.41) is 4.09. The fourth-order valence-corrected chi connectivity index (χ4v) is 2.60. The summed E-state index contributed by atoms with van der Waals surface area (Å²) >= 11 is 0. The van der Waals surface area contributed by atoms with Crippen molar-refractivity contribution in [2.45, 2.75) is 12.3 Å². The molecule has 0 amide bonds. The number of hydrogen-bond donors (Lipinski definition) is 1. The van der Waals surface area contributed by atoms with Gasteiger partial charge in [-0.25, -0.2) is 0 Å². The standard InChI is InChI=1S/C14H12N2/c1-3-7-11(8-4-1)13-15-14(16(13)15)12-9-5-2-6-10-12/h1-10,13-14H/p+1. The van der Waals surface area contributed by atoms with Crippen LogP contribution in [0.15, 0.2) is 60.7 Å². The van der Waals surface area contributed by atoms with E-state index in [1.807, 2.05) is 0 Å². The van der Waals surface area contributed by atoms with E-state index in [9.17, 15) is 0 Å². The van der Waals surface area contributed by atoms with Crippen molar-refractivity contribution in [2.24, 2.45) is 0 Å². The molecule has 2 atom stereocenters. The smallest absolute Gasteiger partial charge is 0.197 e. The van der Waals surface area contributed by atoms with Gasteiger partial charge in [-0.15, -0.1) is 0 Å². The maximum atomic E-state index is 2.49. The Labute approximate surface area is 94.7 Å². The molecule has 0 radical (unpaired) electrons. The molecular weight excluding hydrogens is 196 g/mol. The van der Waals surface area contributed by atoms with E-state index in [0.29, 0.717) is 12.3 Å². The minimum absolute atomic E-state index is 0.617. The Morgan fingerprint density at radius 2 is 1.06 bits per heavy atom. The van der Waals surface area contributed by atoms with Gasteiger partial charge in [0, 0.05) is 11.1 Å². The van der Waals surface area contributed by atoms with Crippen molar-refractivity contribution in [3.8, 4) is 0 Å². The van der Waals surface area contributed by atoms with Gasteiger partial charge in [0.15, 0.2) is 0 Å². The highest BCUT2D eigenvalue weighted by molar-refractivity contribution is 5.25. The second kappa shape index (κ2) is 2.94. The molecule has 16 heavy (non-hydrogen) atoms. The molecule has 1 N–H and O–H groups in total. The fraction of sp³-hybridized carbons (Fsp3) is 0.143. The van der Waals surface area contributed by atoms with Crippen LogP contribution in [-0.2, 0) is 0 Å². The van der Waals surface area contributed by atoms with Crippen LogP contribution in [0.3, 0.4) is 0 Å². The molecule has 2 nitrogen and oxygen atoms in total. The summed E-state index contributed by atoms with van der Waals surface area (Å²) < 4.78 is 0. The third kappa shape index (κ3) is 1.08. The van der Waals surface area contributed by atoms with Crippen molar-refractivity contribution in [3.63, 3.8) is 0 Å². The highest BCUT2D eigenvalue weighted by Crippen LogP contribution is 2.43. The van der Waals surface area contributed by atoms with Gasteiger partial charge in [0.05, 0.1) is 0 Å². The Bertz CT molecular complexity index is 451. The third-order valence-electron chi connectivity index (χ3n) is 3.51. The number of fused-ring (bicyclic) bond motifs is 1. The Hall–Kier alpha value is -1.64. The topological polar surface area (TPSA) is 7.45 Å². The Kier molecular flexibility index (Phi) is 1.56. The first kappa shape index (κ1) is 8.50. The SMILES string of the molecule is c1ccc(C2N3C(c4ccccc4)[NH+]23)cc1.